The lowest BCUT2D eigenvalue weighted by Gasteiger charge is -2.15. The van der Waals surface area contributed by atoms with Crippen molar-refractivity contribution in [1.82, 2.24) is 9.97 Å². The number of carbonyl (C=O) groups is 1. The van der Waals surface area contributed by atoms with Crippen LogP contribution in [0.2, 0.25) is 5.02 Å². The van der Waals surface area contributed by atoms with Crippen LogP contribution in [0.4, 0.5) is 24.7 Å². The van der Waals surface area contributed by atoms with E-state index in [2.05, 4.69) is 9.97 Å². The van der Waals surface area contributed by atoms with E-state index in [0.29, 0.717) is 5.56 Å². The normalized spacial score (nSPS) is 11.4. The first kappa shape index (κ1) is 22.5. The minimum Gasteiger partial charge on any atom is -0.384 e. The molecule has 162 valence electrons. The maximum Gasteiger partial charge on any atom is 0.267 e. The molecule has 0 fully saturated rings. The molecule has 1 aromatic carbocycles. The quantitative estimate of drug-likeness (QED) is 0.333. The molecule has 0 unspecified atom stereocenters. The number of sulfonamides is 1. The van der Waals surface area contributed by atoms with Gasteiger partial charge >= 0.3 is 0 Å². The molecule has 3 aromatic rings. The fourth-order valence-electron chi connectivity index (χ4n) is 2.71. The molecular weight excluding hydrogens is 457 g/mol. The van der Waals surface area contributed by atoms with E-state index < -0.39 is 48.7 Å². The van der Waals surface area contributed by atoms with Crippen LogP contribution in [-0.4, -0.2) is 24.2 Å². The third-order valence-electron chi connectivity index (χ3n) is 4.24. The predicted octanol–water partition coefficient (Wildman–Crippen LogP) is 3.78. The van der Waals surface area contributed by atoms with Gasteiger partial charge in [-0.2, -0.15) is 0 Å². The van der Waals surface area contributed by atoms with Crippen molar-refractivity contribution in [3.63, 3.8) is 0 Å². The number of carbonyl (C=O) groups excluding carboxylic acids is 1. The molecule has 0 saturated heterocycles. The Morgan fingerprint density at radius 1 is 1.10 bits per heavy atom. The van der Waals surface area contributed by atoms with E-state index in [9.17, 15) is 26.4 Å². The number of hydrogen-bond donors (Lipinski definition) is 2. The highest BCUT2D eigenvalue weighted by Crippen LogP contribution is 2.32. The van der Waals surface area contributed by atoms with Crippen LogP contribution in [0.5, 0.6) is 0 Å². The third kappa shape index (κ3) is 4.19. The van der Waals surface area contributed by atoms with Gasteiger partial charge in [-0.3, -0.25) is 14.5 Å². The van der Waals surface area contributed by atoms with Crippen LogP contribution in [0.15, 0.2) is 35.5 Å². The summed E-state index contributed by atoms with van der Waals surface area (Å²) in [5.41, 5.74) is 4.72. The van der Waals surface area contributed by atoms with E-state index in [0.717, 1.165) is 6.92 Å². The van der Waals surface area contributed by atoms with Gasteiger partial charge in [-0.05, 0) is 37.6 Å². The van der Waals surface area contributed by atoms with Crippen molar-refractivity contribution in [2.75, 3.05) is 10.5 Å². The van der Waals surface area contributed by atoms with E-state index in [-0.39, 0.29) is 22.8 Å². The lowest BCUT2D eigenvalue weighted by atomic mass is 10.1. The zero-order valence-corrected chi connectivity index (χ0v) is 17.6. The predicted molar refractivity (Wildman–Crippen MR) is 108 cm³/mol. The summed E-state index contributed by atoms with van der Waals surface area (Å²) in [6.07, 6.45) is 2.56. The lowest BCUT2D eigenvalue weighted by Crippen LogP contribution is -2.21. The molecule has 0 radical (unpaired) electrons. The van der Waals surface area contributed by atoms with Crippen LogP contribution in [0.3, 0.4) is 0 Å². The summed E-state index contributed by atoms with van der Waals surface area (Å²) in [5.74, 6) is -5.96. The van der Waals surface area contributed by atoms with E-state index >= 15 is 0 Å². The minimum atomic E-state index is -5.03. The van der Waals surface area contributed by atoms with Gasteiger partial charge in [0.15, 0.2) is 22.3 Å². The second-order valence-electron chi connectivity index (χ2n) is 6.52. The van der Waals surface area contributed by atoms with Crippen molar-refractivity contribution in [3.8, 4) is 0 Å². The number of ketones is 1. The van der Waals surface area contributed by atoms with Gasteiger partial charge in [-0.25, -0.2) is 26.6 Å². The average Bonchev–Trinajstić information content (AvgIpc) is 2.70. The summed E-state index contributed by atoms with van der Waals surface area (Å²) < 4.78 is 70.3. The summed E-state index contributed by atoms with van der Waals surface area (Å²) in [6, 6.07) is 3.81. The molecule has 3 N–H and O–H groups in total. The Labute approximate surface area is 180 Å². The largest absolute Gasteiger partial charge is 0.384 e. The minimum absolute atomic E-state index is 0.0383. The van der Waals surface area contributed by atoms with Gasteiger partial charge in [0.1, 0.15) is 11.5 Å². The van der Waals surface area contributed by atoms with Crippen molar-refractivity contribution in [2.24, 2.45) is 0 Å². The fourth-order valence-corrected chi connectivity index (χ4v) is 4.14. The van der Waals surface area contributed by atoms with E-state index in [1.165, 1.54) is 30.6 Å². The Bertz CT molecular complexity index is 1300. The van der Waals surface area contributed by atoms with Gasteiger partial charge in [-0.15, -0.1) is 0 Å². The van der Waals surface area contributed by atoms with E-state index in [1.54, 1.807) is 6.92 Å². The Balaban J connectivity index is 2.14. The first-order valence-electron chi connectivity index (χ1n) is 8.52. The molecule has 0 aliphatic rings. The number of nitrogen functional groups attached to an aromatic ring is 1. The molecule has 3 rings (SSSR count). The molecule has 2 aromatic heterocycles. The Hall–Kier alpha value is -3.18. The standard InChI is InChI=1S/C19H14ClF3N4O3S/c1-8-5-11(17(26-7-8)18(28)10-3-4-25-12(24)6-10)27-31(29,30)19-14(21)9(2)13(20)15(22)16(19)23/h3-7,27H,1-2H3,(H2,24,25). The summed E-state index contributed by atoms with van der Waals surface area (Å²) in [6.45, 7) is 2.55. The van der Waals surface area contributed by atoms with E-state index in [1.807, 2.05) is 4.72 Å². The number of halogens is 4. The Morgan fingerprint density at radius 2 is 1.77 bits per heavy atom. The number of rotatable bonds is 5. The number of nitrogens with zero attached hydrogens (tertiary/aromatic N) is 2. The van der Waals surface area contributed by atoms with Crippen LogP contribution in [0.25, 0.3) is 0 Å². The maximum atomic E-state index is 14.5. The summed E-state index contributed by atoms with van der Waals surface area (Å²) in [7, 11) is -5.03. The van der Waals surface area contributed by atoms with Crippen LogP contribution >= 0.6 is 11.6 Å². The van der Waals surface area contributed by atoms with Crippen molar-refractivity contribution in [3.05, 3.63) is 75.5 Å². The molecule has 0 atom stereocenters. The number of pyridine rings is 2. The molecule has 2 heterocycles. The first-order chi connectivity index (χ1) is 14.4. The molecule has 31 heavy (non-hydrogen) atoms. The van der Waals surface area contributed by atoms with Crippen molar-refractivity contribution < 1.29 is 26.4 Å². The van der Waals surface area contributed by atoms with Gasteiger partial charge in [0, 0.05) is 23.5 Å². The summed E-state index contributed by atoms with van der Waals surface area (Å²) >= 11 is 5.50. The van der Waals surface area contributed by atoms with Crippen LogP contribution in [-0.2, 0) is 10.0 Å². The summed E-state index contributed by atoms with van der Waals surface area (Å²) in [5, 5.41) is -0.877. The zero-order valence-electron chi connectivity index (χ0n) is 16.0. The number of anilines is 2. The van der Waals surface area contributed by atoms with Gasteiger partial charge in [0.2, 0.25) is 5.78 Å². The molecule has 0 aliphatic carbocycles. The highest BCUT2D eigenvalue weighted by Gasteiger charge is 2.32. The molecule has 0 bridgehead atoms. The molecule has 0 aliphatic heterocycles. The van der Waals surface area contributed by atoms with Gasteiger partial charge in [0.25, 0.3) is 10.0 Å². The molecular formula is C19H14ClF3N4O3S. The van der Waals surface area contributed by atoms with Gasteiger partial charge in [-0.1, -0.05) is 11.6 Å². The molecule has 0 spiro atoms. The van der Waals surface area contributed by atoms with Crippen LogP contribution < -0.4 is 10.5 Å². The number of aryl methyl sites for hydroxylation is 1. The third-order valence-corrected chi connectivity index (χ3v) is 6.07. The van der Waals surface area contributed by atoms with Crippen LogP contribution in [0.1, 0.15) is 27.2 Å². The van der Waals surface area contributed by atoms with E-state index in [4.69, 9.17) is 17.3 Å². The first-order valence-corrected chi connectivity index (χ1v) is 10.4. The molecule has 12 heteroatoms. The average molecular weight is 471 g/mol. The summed E-state index contributed by atoms with van der Waals surface area (Å²) in [4.78, 5) is 19.0. The number of aromatic nitrogens is 2. The number of hydrogen-bond acceptors (Lipinski definition) is 6. The highest BCUT2D eigenvalue weighted by molar-refractivity contribution is 7.92. The zero-order chi connectivity index (χ0) is 23.1. The maximum absolute atomic E-state index is 14.5. The van der Waals surface area contributed by atoms with Crippen molar-refractivity contribution >= 4 is 38.9 Å². The monoisotopic (exact) mass is 470 g/mol. The SMILES string of the molecule is Cc1cnc(C(=O)c2ccnc(N)c2)c(NS(=O)(=O)c2c(F)c(C)c(Cl)c(F)c2F)c1. The van der Waals surface area contributed by atoms with Gasteiger partial charge < -0.3 is 5.73 Å². The molecule has 7 nitrogen and oxygen atoms in total. The lowest BCUT2D eigenvalue weighted by molar-refractivity contribution is 0.103. The van der Waals surface area contributed by atoms with Crippen LogP contribution in [0, 0.1) is 31.3 Å². The van der Waals surface area contributed by atoms with Crippen molar-refractivity contribution in [2.45, 2.75) is 18.7 Å². The molecule has 0 saturated carbocycles. The second kappa shape index (κ2) is 8.16. The van der Waals surface area contributed by atoms with Crippen molar-refractivity contribution in [1.29, 1.82) is 0 Å². The molecule has 0 amide bonds. The highest BCUT2D eigenvalue weighted by atomic mass is 35.5. The smallest absolute Gasteiger partial charge is 0.267 e. The number of benzene rings is 1. The Kier molecular flexibility index (Phi) is 5.92. The van der Waals surface area contributed by atoms with Gasteiger partial charge in [0.05, 0.1) is 10.7 Å². The topological polar surface area (TPSA) is 115 Å². The number of nitrogens with two attached hydrogens (primary N) is 1. The number of nitrogens with one attached hydrogen (secondary N) is 1. The second-order valence-corrected chi connectivity index (χ2v) is 8.52. The Morgan fingerprint density at radius 3 is 2.42 bits per heavy atom. The fraction of sp³-hybridized carbons (Fsp3) is 0.105.